The normalized spacial score (nSPS) is 15.5. The number of pyridine rings is 1. The fraction of sp³-hybridized carbons (Fsp3) is 0.217. The van der Waals surface area contributed by atoms with Crippen LogP contribution in [0.3, 0.4) is 0 Å². The van der Waals surface area contributed by atoms with Gasteiger partial charge in [0.2, 0.25) is 5.88 Å². The molecule has 184 valence electrons. The van der Waals surface area contributed by atoms with Gasteiger partial charge in [-0.05, 0) is 50.5 Å². The number of amides is 1. The zero-order chi connectivity index (χ0) is 25.3. The zero-order valence-electron chi connectivity index (χ0n) is 18.7. The van der Waals surface area contributed by atoms with E-state index in [4.69, 9.17) is 39.5 Å². The van der Waals surface area contributed by atoms with Gasteiger partial charge in [-0.15, -0.1) is 0 Å². The molecule has 35 heavy (non-hydrogen) atoms. The van der Waals surface area contributed by atoms with Gasteiger partial charge in [0.15, 0.2) is 0 Å². The molecule has 1 amide bonds. The van der Waals surface area contributed by atoms with Crippen molar-refractivity contribution in [1.29, 1.82) is 0 Å². The number of halogens is 3. The molecule has 0 fully saturated rings. The molecule has 1 aromatic heterocycles. The van der Waals surface area contributed by atoms with Crippen LogP contribution in [0.25, 0.3) is 0 Å². The molecule has 2 aromatic carbocycles. The van der Waals surface area contributed by atoms with E-state index in [9.17, 15) is 13.2 Å². The van der Waals surface area contributed by atoms with Gasteiger partial charge in [-0.25, -0.2) is 13.4 Å². The number of likely N-dealkylation sites (N-methyl/N-ethyl adjacent to an activating group) is 1. The maximum Gasteiger partial charge on any atom is 0.264 e. The molecular formula is C23H21Cl3N4O4S. The summed E-state index contributed by atoms with van der Waals surface area (Å²) in [5.74, 6) is -0.434. The minimum atomic E-state index is -4.02. The molecule has 1 aliphatic heterocycles. The Bertz CT molecular complexity index is 1360. The van der Waals surface area contributed by atoms with Gasteiger partial charge in [0.05, 0.1) is 38.9 Å². The summed E-state index contributed by atoms with van der Waals surface area (Å²) in [6.45, 7) is 0.502. The van der Waals surface area contributed by atoms with Crippen LogP contribution in [0.1, 0.15) is 10.4 Å². The van der Waals surface area contributed by atoms with Gasteiger partial charge in [0.1, 0.15) is 11.8 Å². The molecular weight excluding hydrogens is 535 g/mol. The number of hydrogen-bond acceptors (Lipinski definition) is 6. The second kappa shape index (κ2) is 10.2. The number of aromatic nitrogens is 1. The number of ether oxygens (including phenoxy) is 1. The van der Waals surface area contributed by atoms with E-state index in [0.717, 1.165) is 0 Å². The first-order valence-electron chi connectivity index (χ1n) is 10.4. The number of nitrogens with one attached hydrogen (secondary N) is 1. The van der Waals surface area contributed by atoms with Gasteiger partial charge >= 0.3 is 0 Å². The van der Waals surface area contributed by atoms with Crippen molar-refractivity contribution in [3.63, 3.8) is 0 Å². The molecule has 1 N–H and O–H groups in total. The van der Waals surface area contributed by atoms with Crippen LogP contribution in [-0.4, -0.2) is 57.5 Å². The largest absolute Gasteiger partial charge is 0.470 e. The predicted octanol–water partition coefficient (Wildman–Crippen LogP) is 4.81. The highest BCUT2D eigenvalue weighted by Crippen LogP contribution is 2.38. The number of nitrogens with zero attached hydrogens (tertiary/aromatic N) is 3. The van der Waals surface area contributed by atoms with E-state index in [0.29, 0.717) is 11.6 Å². The third kappa shape index (κ3) is 5.49. The average molecular weight is 556 g/mol. The lowest BCUT2D eigenvalue weighted by Gasteiger charge is -2.35. The van der Waals surface area contributed by atoms with Gasteiger partial charge in [0, 0.05) is 11.6 Å². The third-order valence-electron chi connectivity index (χ3n) is 5.15. The topological polar surface area (TPSA) is 91.8 Å². The van der Waals surface area contributed by atoms with E-state index in [1.807, 2.05) is 19.0 Å². The highest BCUT2D eigenvalue weighted by molar-refractivity contribution is 7.92. The van der Waals surface area contributed by atoms with Crippen molar-refractivity contribution in [1.82, 2.24) is 9.88 Å². The lowest BCUT2D eigenvalue weighted by molar-refractivity contribution is 0.102. The van der Waals surface area contributed by atoms with Gasteiger partial charge in [-0.1, -0.05) is 46.9 Å². The number of carbonyl (C=O) groups is 1. The van der Waals surface area contributed by atoms with Crippen LogP contribution in [0.5, 0.6) is 5.88 Å². The van der Waals surface area contributed by atoms with E-state index in [2.05, 4.69) is 10.3 Å². The Labute approximate surface area is 218 Å². The van der Waals surface area contributed by atoms with Gasteiger partial charge in [-0.3, -0.25) is 9.10 Å². The van der Waals surface area contributed by atoms with E-state index in [1.54, 1.807) is 30.3 Å². The number of carbonyl (C=O) groups excluding carboxylic acids is 1. The van der Waals surface area contributed by atoms with Crippen molar-refractivity contribution >= 4 is 62.1 Å². The van der Waals surface area contributed by atoms with Crippen molar-refractivity contribution in [2.24, 2.45) is 0 Å². The highest BCUT2D eigenvalue weighted by atomic mass is 35.5. The Morgan fingerprint density at radius 2 is 1.83 bits per heavy atom. The number of sulfonamides is 1. The average Bonchev–Trinajstić information content (AvgIpc) is 2.78. The summed E-state index contributed by atoms with van der Waals surface area (Å²) in [4.78, 5) is 19.1. The number of benzene rings is 2. The monoisotopic (exact) mass is 554 g/mol. The molecule has 4 rings (SSSR count). The number of hydrogen-bond donors (Lipinski definition) is 1. The zero-order valence-corrected chi connectivity index (χ0v) is 21.8. The summed E-state index contributed by atoms with van der Waals surface area (Å²) in [5, 5.41) is 3.33. The van der Waals surface area contributed by atoms with Crippen molar-refractivity contribution in [2.45, 2.75) is 11.0 Å². The summed E-state index contributed by atoms with van der Waals surface area (Å²) in [6.07, 6.45) is 0.908. The number of rotatable bonds is 6. The first kappa shape index (κ1) is 25.5. The van der Waals surface area contributed by atoms with E-state index in [1.165, 1.54) is 28.7 Å². The second-order valence-corrected chi connectivity index (χ2v) is 11.2. The molecule has 3 aromatic rings. The predicted molar refractivity (Wildman–Crippen MR) is 138 cm³/mol. The number of fused-ring (bicyclic) bond motifs is 1. The molecule has 1 atom stereocenters. The van der Waals surface area contributed by atoms with Crippen LogP contribution < -0.4 is 14.4 Å². The van der Waals surface area contributed by atoms with Gasteiger partial charge in [0.25, 0.3) is 15.9 Å². The molecule has 0 unspecified atom stereocenters. The van der Waals surface area contributed by atoms with Crippen LogP contribution in [0.15, 0.2) is 59.6 Å². The summed E-state index contributed by atoms with van der Waals surface area (Å²) >= 11 is 18.3. The maximum atomic E-state index is 13.6. The molecule has 0 saturated carbocycles. The Morgan fingerprint density at radius 3 is 2.49 bits per heavy atom. The van der Waals surface area contributed by atoms with Crippen molar-refractivity contribution < 1.29 is 17.9 Å². The molecule has 12 heteroatoms. The molecule has 0 spiro atoms. The van der Waals surface area contributed by atoms with Crippen LogP contribution in [0, 0.1) is 0 Å². The molecule has 0 aliphatic carbocycles. The van der Waals surface area contributed by atoms with E-state index >= 15 is 0 Å². The second-order valence-electron chi connectivity index (χ2n) is 8.09. The third-order valence-corrected chi connectivity index (χ3v) is 7.79. The van der Waals surface area contributed by atoms with Crippen LogP contribution in [0.4, 0.5) is 11.4 Å². The molecule has 1 aliphatic rings. The molecule has 0 bridgehead atoms. The Kier molecular flexibility index (Phi) is 7.44. The Hall–Kier alpha value is -2.56. The minimum absolute atomic E-state index is 0.0266. The first-order chi connectivity index (χ1) is 16.6. The smallest absolute Gasteiger partial charge is 0.264 e. The van der Waals surface area contributed by atoms with Crippen LogP contribution >= 0.6 is 34.8 Å². The van der Waals surface area contributed by atoms with E-state index < -0.39 is 22.0 Å². The molecule has 8 nitrogen and oxygen atoms in total. The Balaban J connectivity index is 1.73. The van der Waals surface area contributed by atoms with E-state index in [-0.39, 0.29) is 44.3 Å². The number of anilines is 2. The van der Waals surface area contributed by atoms with Gasteiger partial charge in [-0.2, -0.15) is 0 Å². The van der Waals surface area contributed by atoms with Crippen LogP contribution in [-0.2, 0) is 10.0 Å². The minimum Gasteiger partial charge on any atom is -0.470 e. The van der Waals surface area contributed by atoms with Crippen molar-refractivity contribution in [3.8, 4) is 5.88 Å². The lowest BCUT2D eigenvalue weighted by atomic mass is 10.2. The highest BCUT2D eigenvalue weighted by Gasteiger charge is 2.36. The first-order valence-corrected chi connectivity index (χ1v) is 13.0. The summed E-state index contributed by atoms with van der Waals surface area (Å²) in [5.41, 5.74) is 0.521. The SMILES string of the molecule is CN(C)C[C@H]1CN(S(=O)(=O)c2cccc(Cl)c2)c2cc(NC(=O)c3c(Cl)cccc3Cl)cnc2O1. The molecule has 2 heterocycles. The Morgan fingerprint density at radius 1 is 1.14 bits per heavy atom. The summed E-state index contributed by atoms with van der Waals surface area (Å²) < 4.78 is 34.4. The molecule has 0 saturated heterocycles. The fourth-order valence-corrected chi connectivity index (χ4v) is 6.01. The summed E-state index contributed by atoms with van der Waals surface area (Å²) in [7, 11) is -0.299. The summed E-state index contributed by atoms with van der Waals surface area (Å²) in [6, 6.07) is 12.2. The fourth-order valence-electron chi connectivity index (χ4n) is 3.65. The molecule has 0 radical (unpaired) electrons. The maximum absolute atomic E-state index is 13.6. The quantitative estimate of drug-likeness (QED) is 0.469. The van der Waals surface area contributed by atoms with Crippen LogP contribution in [0.2, 0.25) is 15.1 Å². The standard InChI is InChI=1S/C23H21Cl3N4O4S/c1-29(2)12-16-13-30(35(32,33)17-6-3-5-14(24)9-17)20-10-15(11-27-23(20)34-16)28-22(31)21-18(25)7-4-8-19(21)26/h3-11,16H,12-13H2,1-2H3,(H,28,31)/t16-/m0/s1. The van der Waals surface area contributed by atoms with Gasteiger partial charge < -0.3 is 15.0 Å². The lowest BCUT2D eigenvalue weighted by Crippen LogP contribution is -2.47. The van der Waals surface area contributed by atoms with Crippen molar-refractivity contribution in [3.05, 3.63) is 75.4 Å². The van der Waals surface area contributed by atoms with Crippen molar-refractivity contribution in [2.75, 3.05) is 36.8 Å².